The van der Waals surface area contributed by atoms with Crippen LogP contribution < -0.4 is 5.32 Å². The number of nitrogens with one attached hydrogen (secondary N) is 1. The van der Waals surface area contributed by atoms with Crippen molar-refractivity contribution >= 4 is 11.8 Å². The van der Waals surface area contributed by atoms with Gasteiger partial charge in [-0.25, -0.2) is 4.39 Å². The van der Waals surface area contributed by atoms with Crippen molar-refractivity contribution in [2.45, 2.75) is 25.4 Å². The number of carbonyl (C=O) groups excluding carboxylic acids is 2. The minimum absolute atomic E-state index is 0.0791. The second-order valence-electron chi connectivity index (χ2n) is 6.52. The molecule has 0 radical (unpaired) electrons. The molecule has 9 heteroatoms. The van der Waals surface area contributed by atoms with Crippen LogP contribution >= 0.6 is 0 Å². The van der Waals surface area contributed by atoms with Gasteiger partial charge in [0.25, 0.3) is 0 Å². The van der Waals surface area contributed by atoms with E-state index in [4.69, 9.17) is 0 Å². The van der Waals surface area contributed by atoms with E-state index in [-0.39, 0.29) is 24.1 Å². The smallest absolute Gasteiger partial charge is 0.237 e. The third-order valence-corrected chi connectivity index (χ3v) is 4.61. The van der Waals surface area contributed by atoms with E-state index in [1.165, 1.54) is 18.5 Å². The van der Waals surface area contributed by atoms with E-state index in [1.54, 1.807) is 24.1 Å². The molecule has 3 rings (SSSR count). The molecule has 0 aliphatic carbocycles. The first kappa shape index (κ1) is 19.0. The molecule has 27 heavy (non-hydrogen) atoms. The van der Waals surface area contributed by atoms with Crippen molar-refractivity contribution in [1.29, 1.82) is 0 Å². The van der Waals surface area contributed by atoms with Crippen molar-refractivity contribution in [3.63, 3.8) is 0 Å². The summed E-state index contributed by atoms with van der Waals surface area (Å²) in [7, 11) is 1.69. The molecule has 1 atom stereocenters. The molecule has 1 aliphatic heterocycles. The molecule has 2 amide bonds. The molecule has 2 heterocycles. The van der Waals surface area contributed by atoms with Gasteiger partial charge in [0.1, 0.15) is 5.82 Å². The maximum absolute atomic E-state index is 13.1. The van der Waals surface area contributed by atoms with E-state index in [1.807, 2.05) is 4.90 Å². The Balaban J connectivity index is 1.59. The lowest BCUT2D eigenvalue weighted by Gasteiger charge is -2.35. The van der Waals surface area contributed by atoms with Crippen LogP contribution in [0.2, 0.25) is 0 Å². The lowest BCUT2D eigenvalue weighted by Crippen LogP contribution is -2.56. The topological polar surface area (TPSA) is 91.6 Å². The number of likely N-dealkylation sites (N-methyl/N-ethyl adjacent to an activating group) is 1. The Kier molecular flexibility index (Phi) is 6.12. The van der Waals surface area contributed by atoms with Gasteiger partial charge < -0.3 is 14.7 Å². The van der Waals surface area contributed by atoms with Crippen LogP contribution in [0.1, 0.15) is 17.8 Å². The van der Waals surface area contributed by atoms with Crippen LogP contribution in [0.25, 0.3) is 0 Å². The predicted octanol–water partition coefficient (Wildman–Crippen LogP) is 0.600. The summed E-state index contributed by atoms with van der Waals surface area (Å²) in [5.74, 6) is -0.0685. The maximum atomic E-state index is 13.1. The third-order valence-electron chi connectivity index (χ3n) is 4.61. The van der Waals surface area contributed by atoms with Crippen molar-refractivity contribution in [3.05, 3.63) is 47.9 Å². The highest BCUT2D eigenvalue weighted by molar-refractivity contribution is 5.88. The molecule has 1 saturated heterocycles. The molecular formula is C18H22FN5O3. The molecule has 0 spiro atoms. The number of rotatable bonds is 7. The van der Waals surface area contributed by atoms with Gasteiger partial charge in [-0.1, -0.05) is 17.3 Å². The molecule has 144 valence electrons. The number of carbonyl (C=O) groups is 2. The average molecular weight is 375 g/mol. The molecule has 8 nitrogen and oxygen atoms in total. The lowest BCUT2D eigenvalue weighted by molar-refractivity contribution is -0.138. The summed E-state index contributed by atoms with van der Waals surface area (Å²) in [6, 6.07) is 5.62. The Morgan fingerprint density at radius 3 is 2.89 bits per heavy atom. The Hall–Kier alpha value is -2.81. The predicted molar refractivity (Wildman–Crippen MR) is 93.9 cm³/mol. The second kappa shape index (κ2) is 8.72. The molecule has 2 aromatic rings. The summed E-state index contributed by atoms with van der Waals surface area (Å²) < 4.78 is 17.8. The van der Waals surface area contributed by atoms with Gasteiger partial charge in [-0.2, -0.15) is 4.98 Å². The monoisotopic (exact) mass is 375 g/mol. The number of halogens is 1. The summed E-state index contributed by atoms with van der Waals surface area (Å²) >= 11 is 0. The van der Waals surface area contributed by atoms with Crippen molar-refractivity contribution in [2.24, 2.45) is 0 Å². The summed E-state index contributed by atoms with van der Waals surface area (Å²) in [4.78, 5) is 32.3. The Morgan fingerprint density at radius 1 is 1.41 bits per heavy atom. The van der Waals surface area contributed by atoms with Gasteiger partial charge in [0, 0.05) is 39.6 Å². The van der Waals surface area contributed by atoms with Gasteiger partial charge in [0.05, 0.1) is 12.5 Å². The SMILES string of the molecule is CN(CCc1ncon1)C(=O)C[C@H]1C(=O)NCCN1Cc1ccc(F)cc1. The molecule has 1 aliphatic rings. The quantitative estimate of drug-likeness (QED) is 0.762. The molecule has 1 fully saturated rings. The fourth-order valence-corrected chi connectivity index (χ4v) is 3.01. The maximum Gasteiger partial charge on any atom is 0.237 e. The second-order valence-corrected chi connectivity index (χ2v) is 6.52. The minimum atomic E-state index is -0.552. The van der Waals surface area contributed by atoms with Crippen LogP contribution in [0.3, 0.4) is 0 Å². The van der Waals surface area contributed by atoms with Crippen LogP contribution in [0.15, 0.2) is 35.2 Å². The highest BCUT2D eigenvalue weighted by Gasteiger charge is 2.32. The molecular weight excluding hydrogens is 353 g/mol. The third kappa shape index (κ3) is 5.10. The molecule has 1 N–H and O–H groups in total. The van der Waals surface area contributed by atoms with Crippen LogP contribution in [0.4, 0.5) is 4.39 Å². The van der Waals surface area contributed by atoms with Crippen molar-refractivity contribution < 1.29 is 18.5 Å². The Bertz CT molecular complexity index is 766. The van der Waals surface area contributed by atoms with Crippen LogP contribution in [0, 0.1) is 5.82 Å². The summed E-state index contributed by atoms with van der Waals surface area (Å²) in [5, 5.41) is 6.53. The highest BCUT2D eigenvalue weighted by atomic mass is 19.1. The molecule has 1 aromatic heterocycles. The van der Waals surface area contributed by atoms with E-state index < -0.39 is 6.04 Å². The van der Waals surface area contributed by atoms with Gasteiger partial charge in [0.15, 0.2) is 5.82 Å². The number of nitrogens with zero attached hydrogens (tertiary/aromatic N) is 4. The normalized spacial score (nSPS) is 17.6. The largest absolute Gasteiger partial charge is 0.353 e. The van der Waals surface area contributed by atoms with E-state index in [9.17, 15) is 14.0 Å². The average Bonchev–Trinajstić information content (AvgIpc) is 3.18. The number of aromatic nitrogens is 2. The number of benzene rings is 1. The number of piperazine rings is 1. The van der Waals surface area contributed by atoms with E-state index >= 15 is 0 Å². The zero-order chi connectivity index (χ0) is 19.2. The zero-order valence-corrected chi connectivity index (χ0v) is 15.1. The number of hydrogen-bond acceptors (Lipinski definition) is 6. The number of hydrogen-bond donors (Lipinski definition) is 1. The number of amides is 2. The Morgan fingerprint density at radius 2 is 2.19 bits per heavy atom. The summed E-state index contributed by atoms with van der Waals surface area (Å²) in [6.45, 7) is 2.08. The fraction of sp³-hybridized carbons (Fsp3) is 0.444. The van der Waals surface area contributed by atoms with Crippen molar-refractivity contribution in [1.82, 2.24) is 25.3 Å². The molecule has 0 bridgehead atoms. The zero-order valence-electron chi connectivity index (χ0n) is 15.1. The van der Waals surface area contributed by atoms with Crippen LogP contribution in [-0.4, -0.2) is 64.5 Å². The molecule has 0 unspecified atom stereocenters. The van der Waals surface area contributed by atoms with Gasteiger partial charge >= 0.3 is 0 Å². The van der Waals surface area contributed by atoms with Crippen LogP contribution in [0.5, 0.6) is 0 Å². The molecule has 1 aromatic carbocycles. The first-order valence-corrected chi connectivity index (χ1v) is 8.78. The van der Waals surface area contributed by atoms with Gasteiger partial charge in [-0.15, -0.1) is 0 Å². The van der Waals surface area contributed by atoms with E-state index in [0.29, 0.717) is 38.4 Å². The highest BCUT2D eigenvalue weighted by Crippen LogP contribution is 2.15. The first-order valence-electron chi connectivity index (χ1n) is 8.78. The van der Waals surface area contributed by atoms with Gasteiger partial charge in [0.2, 0.25) is 18.2 Å². The summed E-state index contributed by atoms with van der Waals surface area (Å²) in [5.41, 5.74) is 0.897. The summed E-state index contributed by atoms with van der Waals surface area (Å²) in [6.07, 6.45) is 1.81. The fourth-order valence-electron chi connectivity index (χ4n) is 3.01. The minimum Gasteiger partial charge on any atom is -0.353 e. The van der Waals surface area contributed by atoms with Crippen molar-refractivity contribution in [2.75, 3.05) is 26.7 Å². The van der Waals surface area contributed by atoms with E-state index in [2.05, 4.69) is 20.0 Å². The van der Waals surface area contributed by atoms with Crippen molar-refractivity contribution in [3.8, 4) is 0 Å². The Labute approximate surface area is 156 Å². The van der Waals surface area contributed by atoms with Crippen LogP contribution in [-0.2, 0) is 22.6 Å². The molecule has 0 saturated carbocycles. The standard InChI is InChI=1S/C18H22FN5O3/c1-23(8-6-16-21-12-27-22-16)17(25)10-15-18(26)20-7-9-24(15)11-13-2-4-14(19)5-3-13/h2-5,12,15H,6-11H2,1H3,(H,20,26)/t15-/m0/s1. The van der Waals surface area contributed by atoms with E-state index in [0.717, 1.165) is 5.56 Å². The first-order chi connectivity index (χ1) is 13.0. The lowest BCUT2D eigenvalue weighted by atomic mass is 10.1. The van der Waals surface area contributed by atoms with Gasteiger partial charge in [-0.3, -0.25) is 14.5 Å². The van der Waals surface area contributed by atoms with Gasteiger partial charge in [-0.05, 0) is 17.7 Å².